The first-order chi connectivity index (χ1) is 59.2. The second kappa shape index (κ2) is 26.1. The summed E-state index contributed by atoms with van der Waals surface area (Å²) in [6.07, 6.45) is 0. The lowest BCUT2D eigenvalue weighted by Crippen LogP contribution is -1.94. The minimum absolute atomic E-state index is 0.192. The molecule has 111 heavy (non-hydrogen) atoms. The maximum atomic E-state index is 9.11. The fraction of sp³-hybridized carbons (Fsp3) is 0. The van der Waals surface area contributed by atoms with Crippen LogP contribution in [0.1, 0.15) is 13.7 Å². The maximum Gasteiger partial charge on any atom is 0.136 e. The summed E-state index contributed by atoms with van der Waals surface area (Å²) in [7, 11) is 0. The van der Waals surface area contributed by atoms with Gasteiger partial charge in [-0.15, -0.1) is 0 Å². The van der Waals surface area contributed by atoms with Crippen LogP contribution in [0.3, 0.4) is 0 Å². The number of rotatable bonds is 9. The summed E-state index contributed by atoms with van der Waals surface area (Å²) < 4.78 is 102. The first-order valence-corrected chi connectivity index (χ1v) is 37.4. The SMILES string of the molecule is [2H]c1c([2H])c([2H])c(-c2c3ccccc3c(-c3cc(-c4ccc5oc6cccc(-c7ccccc7)c6c5c4)cc4ccccc34)c3ccccc23)c([2H])c1[2H].[2H]c1c([2H])c([2H])c(-c2c3ccccc3c(-c3cc(-c4ccc5oc6ccccc6c5c4-c4ccc5c6ccccc6n(-c6ccccc6)c5c4)cc4ccccc34)c3ccccc23)c([2H])c1[2H]. The predicted molar refractivity (Wildman–Crippen MR) is 470 cm³/mol. The summed E-state index contributed by atoms with van der Waals surface area (Å²) in [6, 6.07) is 117. The largest absolute Gasteiger partial charge is 0.456 e. The van der Waals surface area contributed by atoms with Crippen molar-refractivity contribution in [3.8, 4) is 94.7 Å². The van der Waals surface area contributed by atoms with Gasteiger partial charge in [-0.05, 0) is 227 Å². The molecule has 3 heterocycles. The second-order valence-electron chi connectivity index (χ2n) is 28.4. The summed E-state index contributed by atoms with van der Waals surface area (Å²) in [6.45, 7) is 0. The van der Waals surface area contributed by atoms with Gasteiger partial charge in [-0.3, -0.25) is 0 Å². The highest BCUT2D eigenvalue weighted by atomic mass is 16.3. The van der Waals surface area contributed by atoms with E-state index in [1.165, 1.54) is 10.8 Å². The van der Waals surface area contributed by atoms with Crippen LogP contribution in [0.5, 0.6) is 0 Å². The zero-order valence-corrected chi connectivity index (χ0v) is 59.7. The summed E-state index contributed by atoms with van der Waals surface area (Å²) in [5, 5.41) is 17.9. The maximum absolute atomic E-state index is 9.11. The molecule has 0 aliphatic rings. The van der Waals surface area contributed by atoms with E-state index in [1.54, 1.807) is 0 Å². The molecule has 3 aromatic heterocycles. The van der Waals surface area contributed by atoms with Crippen LogP contribution in [0.4, 0.5) is 0 Å². The van der Waals surface area contributed by atoms with Crippen molar-refractivity contribution >= 4 is 130 Å². The molecule has 0 N–H and O–H groups in total. The molecule has 23 aromatic rings. The van der Waals surface area contributed by atoms with Crippen LogP contribution in [-0.4, -0.2) is 4.57 Å². The Morgan fingerprint density at radius 1 is 0.198 bits per heavy atom. The molecule has 0 spiro atoms. The fourth-order valence-electron chi connectivity index (χ4n) is 17.7. The number of para-hydroxylation sites is 3. The lowest BCUT2D eigenvalue weighted by molar-refractivity contribution is 0.668. The highest BCUT2D eigenvalue weighted by molar-refractivity contribution is 6.27. The van der Waals surface area contributed by atoms with Gasteiger partial charge in [0.05, 0.1) is 24.7 Å². The topological polar surface area (TPSA) is 31.2 Å². The van der Waals surface area contributed by atoms with Gasteiger partial charge in [-0.25, -0.2) is 0 Å². The second-order valence-corrected chi connectivity index (χ2v) is 28.4. The number of fused-ring (bicyclic) bond motifs is 15. The molecule has 0 atom stereocenters. The van der Waals surface area contributed by atoms with Crippen molar-refractivity contribution in [3.63, 3.8) is 0 Å². The number of hydrogen-bond donors (Lipinski definition) is 0. The Kier molecular flexibility index (Phi) is 12.7. The minimum atomic E-state index is -0.410. The van der Waals surface area contributed by atoms with Crippen LogP contribution in [0.25, 0.3) is 225 Å². The van der Waals surface area contributed by atoms with Gasteiger partial charge < -0.3 is 13.4 Å². The van der Waals surface area contributed by atoms with Crippen molar-refractivity contribution in [2.24, 2.45) is 0 Å². The standard InChI is InChI=1S/C60H37NO.C48H30O/c1-3-17-38(18-4-1)57-47-24-9-11-26-49(47)59(50-27-12-10-25-48(50)57)52-36-41(35-39-19-7-8-22-43(39)52)44-33-34-56-60(51-28-14-16-30-55(51)62-56)58(44)40-31-32-46-45-23-13-15-29-53(45)61(54(46)37-40)42-20-5-2-6-21-42;1-3-14-31(15-4-1)37-24-13-25-45-48(37)43-29-33(26-27-44(43)49-45)35-28-34-18-7-8-19-36(34)42(30-35)47-40-22-11-9-20-38(40)46(32-16-5-2-6-17-32)39-21-10-12-23-41(39)47/h1-37H;1-30H/i1D,3D,4D,17D,18D;2D,5D,6D,16D,17D. The Morgan fingerprint density at radius 2 is 0.631 bits per heavy atom. The van der Waals surface area contributed by atoms with Crippen LogP contribution in [-0.2, 0) is 0 Å². The van der Waals surface area contributed by atoms with Gasteiger partial charge in [0.1, 0.15) is 22.3 Å². The molecule has 3 heteroatoms. The molecule has 0 saturated carbocycles. The van der Waals surface area contributed by atoms with Crippen molar-refractivity contribution < 1.29 is 22.5 Å². The van der Waals surface area contributed by atoms with Crippen molar-refractivity contribution in [2.75, 3.05) is 0 Å². The van der Waals surface area contributed by atoms with Crippen LogP contribution in [0, 0.1) is 0 Å². The normalized spacial score (nSPS) is 13.0. The molecule has 0 unspecified atom stereocenters. The van der Waals surface area contributed by atoms with Gasteiger partial charge in [-0.2, -0.15) is 0 Å². The quantitative estimate of drug-likeness (QED) is 0.135. The molecule has 0 aliphatic heterocycles. The summed E-state index contributed by atoms with van der Waals surface area (Å²) >= 11 is 0. The molecule has 0 aliphatic carbocycles. The van der Waals surface area contributed by atoms with E-state index in [0.29, 0.717) is 11.1 Å². The molecule has 0 radical (unpaired) electrons. The van der Waals surface area contributed by atoms with Gasteiger partial charge in [0, 0.05) is 43.6 Å². The third kappa shape index (κ3) is 10.4. The third-order valence-corrected chi connectivity index (χ3v) is 22.4. The Balaban J connectivity index is 0.000000148. The summed E-state index contributed by atoms with van der Waals surface area (Å²) in [5.41, 5.74) is 21.0. The third-order valence-electron chi connectivity index (χ3n) is 22.4. The van der Waals surface area contributed by atoms with Gasteiger partial charge in [-0.1, -0.05) is 327 Å². The highest BCUT2D eigenvalue weighted by Crippen LogP contribution is 2.52. The zero-order chi connectivity index (χ0) is 81.7. The molecule has 0 bridgehead atoms. The molecular weight excluding hydrogens is 1340 g/mol. The van der Waals surface area contributed by atoms with E-state index in [4.69, 9.17) is 22.5 Å². The Bertz CT molecular complexity index is 8180. The minimum Gasteiger partial charge on any atom is -0.456 e. The predicted octanol–water partition coefficient (Wildman–Crippen LogP) is 30.5. The molecule has 20 aromatic carbocycles. The average molecular weight is 1420 g/mol. The van der Waals surface area contributed by atoms with E-state index in [-0.39, 0.29) is 59.5 Å². The van der Waals surface area contributed by atoms with Crippen LogP contribution >= 0.6 is 0 Å². The number of hydrogen-bond acceptors (Lipinski definition) is 2. The average Bonchev–Trinajstić information content (AvgIpc) is 1.59. The molecular formula is C108H67NO2. The molecule has 0 saturated heterocycles. The Morgan fingerprint density at radius 3 is 1.22 bits per heavy atom. The first kappa shape index (κ1) is 54.0. The molecule has 516 valence electrons. The van der Waals surface area contributed by atoms with E-state index in [2.05, 4.69) is 247 Å². The summed E-state index contributed by atoms with van der Waals surface area (Å²) in [5.74, 6) is 0. The highest BCUT2D eigenvalue weighted by Gasteiger charge is 2.26. The zero-order valence-electron chi connectivity index (χ0n) is 69.7. The van der Waals surface area contributed by atoms with Gasteiger partial charge in [0.25, 0.3) is 0 Å². The molecule has 23 rings (SSSR count). The number of furan rings is 2. The van der Waals surface area contributed by atoms with Crippen molar-refractivity contribution in [2.45, 2.75) is 0 Å². The number of benzene rings is 20. The monoisotopic (exact) mass is 1420 g/mol. The smallest absolute Gasteiger partial charge is 0.136 e. The molecule has 3 nitrogen and oxygen atoms in total. The Hall–Kier alpha value is -14.6. The number of nitrogens with zero attached hydrogens (tertiary/aromatic N) is 1. The van der Waals surface area contributed by atoms with E-state index < -0.39 is 12.1 Å². The van der Waals surface area contributed by atoms with Crippen LogP contribution in [0.15, 0.2) is 415 Å². The van der Waals surface area contributed by atoms with Crippen LogP contribution in [0.2, 0.25) is 0 Å². The van der Waals surface area contributed by atoms with Crippen molar-refractivity contribution in [3.05, 3.63) is 406 Å². The summed E-state index contributed by atoms with van der Waals surface area (Å²) in [4.78, 5) is 0. The van der Waals surface area contributed by atoms with Gasteiger partial charge in [0.15, 0.2) is 0 Å². The van der Waals surface area contributed by atoms with E-state index in [0.717, 1.165) is 192 Å². The molecule has 0 amide bonds. The van der Waals surface area contributed by atoms with E-state index in [1.807, 2.05) is 103 Å². The van der Waals surface area contributed by atoms with Gasteiger partial charge >= 0.3 is 0 Å². The van der Waals surface area contributed by atoms with E-state index in [9.17, 15) is 0 Å². The molecule has 0 fully saturated rings. The lowest BCUT2D eigenvalue weighted by atomic mass is 9.83. The first-order valence-electron chi connectivity index (χ1n) is 42.4. The van der Waals surface area contributed by atoms with Gasteiger partial charge in [0.2, 0.25) is 0 Å². The Labute approximate surface area is 654 Å². The van der Waals surface area contributed by atoms with Crippen molar-refractivity contribution in [1.82, 2.24) is 4.57 Å². The van der Waals surface area contributed by atoms with Crippen LogP contribution < -0.4 is 0 Å². The lowest BCUT2D eigenvalue weighted by Gasteiger charge is -2.20. The number of aromatic nitrogens is 1. The van der Waals surface area contributed by atoms with E-state index >= 15 is 0 Å². The fourth-order valence-corrected chi connectivity index (χ4v) is 17.7. The van der Waals surface area contributed by atoms with Crippen molar-refractivity contribution in [1.29, 1.82) is 0 Å².